The zero-order chi connectivity index (χ0) is 13.2. The minimum atomic E-state index is 0.272. The Morgan fingerprint density at radius 3 is 2.44 bits per heavy atom. The van der Waals surface area contributed by atoms with E-state index < -0.39 is 0 Å². The molecule has 0 aliphatic heterocycles. The van der Waals surface area contributed by atoms with Crippen LogP contribution in [0.5, 0.6) is 0 Å². The highest BCUT2D eigenvalue weighted by atomic mass is 14.9. The summed E-state index contributed by atoms with van der Waals surface area (Å²) in [5, 5.41) is 3.67. The third-order valence-electron chi connectivity index (χ3n) is 4.08. The lowest BCUT2D eigenvalue weighted by Gasteiger charge is -2.46. The molecular weight excluding hydrogens is 220 g/mol. The van der Waals surface area contributed by atoms with Gasteiger partial charge in [0.25, 0.3) is 0 Å². The van der Waals surface area contributed by atoms with Crippen LogP contribution in [0.25, 0.3) is 0 Å². The summed E-state index contributed by atoms with van der Waals surface area (Å²) < 4.78 is 0. The van der Waals surface area contributed by atoms with Gasteiger partial charge in [0.15, 0.2) is 0 Å². The van der Waals surface area contributed by atoms with E-state index in [-0.39, 0.29) is 5.41 Å². The van der Waals surface area contributed by atoms with E-state index >= 15 is 0 Å². The minimum Gasteiger partial charge on any atom is -0.382 e. The summed E-state index contributed by atoms with van der Waals surface area (Å²) in [6.45, 7) is 7.83. The fraction of sp³-hybridized carbons (Fsp3) is 0.625. The van der Waals surface area contributed by atoms with Gasteiger partial charge >= 0.3 is 0 Å². The molecule has 0 bridgehead atoms. The number of nitrogens with one attached hydrogen (secondary N) is 1. The molecule has 3 N–H and O–H groups in total. The molecule has 100 valence electrons. The highest BCUT2D eigenvalue weighted by molar-refractivity contribution is 5.43. The maximum atomic E-state index is 5.99. The molecule has 1 aromatic rings. The van der Waals surface area contributed by atoms with Gasteiger partial charge in [0.05, 0.1) is 0 Å². The van der Waals surface area contributed by atoms with Crippen LogP contribution >= 0.6 is 0 Å². The van der Waals surface area contributed by atoms with E-state index in [4.69, 9.17) is 5.73 Å². The molecule has 2 rings (SSSR count). The van der Waals surface area contributed by atoms with E-state index in [9.17, 15) is 0 Å². The summed E-state index contributed by atoms with van der Waals surface area (Å²) in [6, 6.07) is 11.0. The van der Waals surface area contributed by atoms with Gasteiger partial charge in [0.2, 0.25) is 0 Å². The number of anilines is 1. The fourth-order valence-electron chi connectivity index (χ4n) is 3.66. The lowest BCUT2D eigenvalue weighted by molar-refractivity contribution is 0.0963. The van der Waals surface area contributed by atoms with Crippen molar-refractivity contribution in [1.82, 2.24) is 0 Å². The van der Waals surface area contributed by atoms with Gasteiger partial charge < -0.3 is 11.1 Å². The van der Waals surface area contributed by atoms with Gasteiger partial charge in [-0.15, -0.1) is 0 Å². The molecule has 2 heteroatoms. The SMILES string of the molecule is CC1(C)CC(Nc2ccccc2)CC(C)(CN)C1. The van der Waals surface area contributed by atoms with Crippen LogP contribution in [0.1, 0.15) is 40.0 Å². The average molecular weight is 246 g/mol. The lowest BCUT2D eigenvalue weighted by atomic mass is 9.62. The largest absolute Gasteiger partial charge is 0.382 e. The molecule has 1 saturated carbocycles. The van der Waals surface area contributed by atoms with Crippen LogP contribution in [0.3, 0.4) is 0 Å². The number of hydrogen-bond acceptors (Lipinski definition) is 2. The van der Waals surface area contributed by atoms with Crippen molar-refractivity contribution in [2.24, 2.45) is 16.6 Å². The summed E-state index contributed by atoms with van der Waals surface area (Å²) in [5.41, 5.74) is 7.85. The molecule has 0 amide bonds. The molecule has 0 spiro atoms. The quantitative estimate of drug-likeness (QED) is 0.854. The van der Waals surface area contributed by atoms with Crippen molar-refractivity contribution in [3.8, 4) is 0 Å². The Morgan fingerprint density at radius 1 is 1.17 bits per heavy atom. The molecule has 0 saturated heterocycles. The predicted octanol–water partition coefficient (Wildman–Crippen LogP) is 3.64. The average Bonchev–Trinajstić information content (AvgIpc) is 2.27. The zero-order valence-electron chi connectivity index (χ0n) is 11.9. The number of rotatable bonds is 3. The molecule has 2 nitrogen and oxygen atoms in total. The van der Waals surface area contributed by atoms with Crippen LogP contribution in [0, 0.1) is 10.8 Å². The van der Waals surface area contributed by atoms with Gasteiger partial charge in [-0.25, -0.2) is 0 Å². The smallest absolute Gasteiger partial charge is 0.0342 e. The van der Waals surface area contributed by atoms with Gasteiger partial charge in [-0.1, -0.05) is 39.0 Å². The first-order valence-electron chi connectivity index (χ1n) is 6.94. The second-order valence-electron chi connectivity index (χ2n) is 6.97. The Balaban J connectivity index is 2.09. The number of para-hydroxylation sites is 1. The second-order valence-corrected chi connectivity index (χ2v) is 6.97. The van der Waals surface area contributed by atoms with Gasteiger partial charge in [-0.2, -0.15) is 0 Å². The molecule has 2 atom stereocenters. The lowest BCUT2D eigenvalue weighted by Crippen LogP contribution is -2.45. The molecule has 2 unspecified atom stereocenters. The van der Waals surface area contributed by atoms with E-state index in [1.54, 1.807) is 0 Å². The Kier molecular flexibility index (Phi) is 3.67. The maximum absolute atomic E-state index is 5.99. The first kappa shape index (κ1) is 13.4. The topological polar surface area (TPSA) is 38.0 Å². The third kappa shape index (κ3) is 3.26. The van der Waals surface area contributed by atoms with Crippen molar-refractivity contribution in [3.63, 3.8) is 0 Å². The van der Waals surface area contributed by atoms with Crippen molar-refractivity contribution < 1.29 is 0 Å². The van der Waals surface area contributed by atoms with E-state index in [1.165, 1.54) is 24.9 Å². The fourth-order valence-corrected chi connectivity index (χ4v) is 3.66. The predicted molar refractivity (Wildman–Crippen MR) is 78.6 cm³/mol. The molecule has 1 aromatic carbocycles. The molecular formula is C16H26N2. The normalized spacial score (nSPS) is 31.0. The van der Waals surface area contributed by atoms with E-state index in [2.05, 4.69) is 56.4 Å². The maximum Gasteiger partial charge on any atom is 0.0342 e. The Hall–Kier alpha value is -1.02. The number of hydrogen-bond donors (Lipinski definition) is 2. The summed E-state index contributed by atoms with van der Waals surface area (Å²) in [5.74, 6) is 0. The van der Waals surface area contributed by atoms with Crippen LogP contribution in [0.15, 0.2) is 30.3 Å². The van der Waals surface area contributed by atoms with Gasteiger partial charge in [0, 0.05) is 11.7 Å². The second kappa shape index (κ2) is 4.93. The highest BCUT2D eigenvalue weighted by Crippen LogP contribution is 2.46. The number of benzene rings is 1. The molecule has 0 radical (unpaired) electrons. The molecule has 1 fully saturated rings. The van der Waals surface area contributed by atoms with Crippen LogP contribution in [0.2, 0.25) is 0 Å². The molecule has 1 aliphatic rings. The van der Waals surface area contributed by atoms with Crippen LogP contribution in [-0.2, 0) is 0 Å². The first-order chi connectivity index (χ1) is 8.42. The van der Waals surface area contributed by atoms with Crippen LogP contribution < -0.4 is 11.1 Å². The van der Waals surface area contributed by atoms with E-state index in [0.717, 1.165) is 6.54 Å². The molecule has 1 aliphatic carbocycles. The molecule has 0 aromatic heterocycles. The molecule has 18 heavy (non-hydrogen) atoms. The van der Waals surface area contributed by atoms with Crippen molar-refractivity contribution in [1.29, 1.82) is 0 Å². The summed E-state index contributed by atoms with van der Waals surface area (Å²) in [4.78, 5) is 0. The van der Waals surface area contributed by atoms with Crippen molar-refractivity contribution in [2.75, 3.05) is 11.9 Å². The van der Waals surface area contributed by atoms with Crippen molar-refractivity contribution in [3.05, 3.63) is 30.3 Å². The third-order valence-corrected chi connectivity index (χ3v) is 4.08. The van der Waals surface area contributed by atoms with Crippen LogP contribution in [0.4, 0.5) is 5.69 Å². The van der Waals surface area contributed by atoms with Crippen LogP contribution in [-0.4, -0.2) is 12.6 Å². The molecule has 0 heterocycles. The Morgan fingerprint density at radius 2 is 1.83 bits per heavy atom. The van der Waals surface area contributed by atoms with Crippen molar-refractivity contribution in [2.45, 2.75) is 46.1 Å². The highest BCUT2D eigenvalue weighted by Gasteiger charge is 2.40. The van der Waals surface area contributed by atoms with Crippen molar-refractivity contribution >= 4 is 5.69 Å². The summed E-state index contributed by atoms with van der Waals surface area (Å²) >= 11 is 0. The van der Waals surface area contributed by atoms with Gasteiger partial charge in [-0.3, -0.25) is 0 Å². The summed E-state index contributed by atoms with van der Waals surface area (Å²) in [7, 11) is 0. The van der Waals surface area contributed by atoms with Gasteiger partial charge in [0.1, 0.15) is 0 Å². The Bertz CT molecular complexity index is 385. The summed E-state index contributed by atoms with van der Waals surface area (Å²) in [6.07, 6.45) is 3.61. The monoisotopic (exact) mass is 246 g/mol. The zero-order valence-corrected chi connectivity index (χ0v) is 11.9. The minimum absolute atomic E-state index is 0.272. The first-order valence-corrected chi connectivity index (χ1v) is 6.94. The van der Waals surface area contributed by atoms with E-state index in [0.29, 0.717) is 11.5 Å². The number of nitrogens with two attached hydrogens (primary N) is 1. The Labute approximate surface area is 111 Å². The standard InChI is InChI=1S/C16H26N2/c1-15(2)9-14(10-16(3,11-15)12-17)18-13-7-5-4-6-8-13/h4-8,14,18H,9-12,17H2,1-3H3. The van der Waals surface area contributed by atoms with E-state index in [1.807, 2.05) is 0 Å². The van der Waals surface area contributed by atoms with Gasteiger partial charge in [-0.05, 0) is 48.8 Å².